The summed E-state index contributed by atoms with van der Waals surface area (Å²) in [5.74, 6) is -0.516. The van der Waals surface area contributed by atoms with Gasteiger partial charge in [0, 0.05) is 45.7 Å². The first kappa shape index (κ1) is 23.1. The number of nitrogens with one attached hydrogen (secondary N) is 1. The number of nitrogen functional groups attached to an aromatic ring is 1. The van der Waals surface area contributed by atoms with E-state index in [1.165, 1.54) is 11.3 Å². The molecule has 0 aliphatic heterocycles. The smallest absolute Gasteiger partial charge is 0.307 e. The van der Waals surface area contributed by atoms with Crippen molar-refractivity contribution in [3.63, 3.8) is 0 Å². The number of aromatic nitrogens is 2. The van der Waals surface area contributed by atoms with E-state index < -0.39 is 5.97 Å². The number of thiophene rings is 1. The van der Waals surface area contributed by atoms with E-state index >= 15 is 0 Å². The molecule has 1 aliphatic rings. The number of amides is 1. The first-order valence-corrected chi connectivity index (χ1v) is 12.7. The standard InChI is InChI=1S/C28H24N4O4S/c1-32-21-6-4-3-5-15(21)9-22(32)27(33)31-20-8-7-14(10-23(20)36-2)19-13-37-25-18(12-30-26(29)24(19)25)16-11-17(16)28(34)35/h3-10,12-13,16-17H,11H2,1-2H3,(H2,29,30)(H,31,33)(H,34,35). The van der Waals surface area contributed by atoms with Gasteiger partial charge in [0.25, 0.3) is 5.91 Å². The molecule has 1 aliphatic carbocycles. The number of aliphatic carboxylic acids is 1. The number of para-hydroxylation sites is 1. The number of nitrogens with zero attached hydrogens (tertiary/aromatic N) is 2. The number of carboxylic acids is 1. The van der Waals surface area contributed by atoms with Crippen LogP contribution in [0.1, 0.15) is 28.4 Å². The van der Waals surface area contributed by atoms with Crippen LogP contribution >= 0.6 is 11.3 Å². The Morgan fingerprint density at radius 1 is 1.22 bits per heavy atom. The molecule has 0 saturated heterocycles. The lowest BCUT2D eigenvalue weighted by Gasteiger charge is -2.13. The highest BCUT2D eigenvalue weighted by atomic mass is 32.1. The predicted octanol–water partition coefficient (Wildman–Crippen LogP) is 5.49. The number of aryl methyl sites for hydroxylation is 1. The SMILES string of the molecule is COc1cc(-c2csc3c(C4CC4C(=O)O)cnc(N)c23)ccc1NC(=O)c1cc2ccccc2n1C. The Morgan fingerprint density at radius 3 is 2.76 bits per heavy atom. The molecule has 2 aromatic carbocycles. The molecule has 1 fully saturated rings. The zero-order valence-electron chi connectivity index (χ0n) is 20.2. The van der Waals surface area contributed by atoms with Crippen LogP contribution in [0.4, 0.5) is 11.5 Å². The van der Waals surface area contributed by atoms with Gasteiger partial charge in [0.05, 0.1) is 18.7 Å². The molecule has 0 spiro atoms. The first-order valence-electron chi connectivity index (χ1n) is 11.8. The molecule has 2 unspecified atom stereocenters. The summed E-state index contributed by atoms with van der Waals surface area (Å²) in [5.41, 5.74) is 11.0. The predicted molar refractivity (Wildman–Crippen MR) is 145 cm³/mol. The van der Waals surface area contributed by atoms with E-state index in [9.17, 15) is 14.7 Å². The molecule has 4 N–H and O–H groups in total. The largest absolute Gasteiger partial charge is 0.495 e. The highest BCUT2D eigenvalue weighted by molar-refractivity contribution is 7.18. The van der Waals surface area contributed by atoms with Crippen LogP contribution in [0, 0.1) is 5.92 Å². The number of pyridine rings is 1. The quantitative estimate of drug-likeness (QED) is 0.277. The maximum atomic E-state index is 13.1. The normalized spacial score (nSPS) is 16.7. The minimum Gasteiger partial charge on any atom is -0.495 e. The molecule has 9 heteroatoms. The Hall–Kier alpha value is -4.37. The summed E-state index contributed by atoms with van der Waals surface area (Å²) in [6.45, 7) is 0. The molecule has 1 amide bonds. The van der Waals surface area contributed by atoms with Crippen LogP contribution in [0.3, 0.4) is 0 Å². The third-order valence-electron chi connectivity index (χ3n) is 7.10. The number of hydrogen-bond donors (Lipinski definition) is 3. The molecule has 0 bridgehead atoms. The van der Waals surface area contributed by atoms with Crippen LogP contribution in [-0.2, 0) is 11.8 Å². The number of carboxylic acid groups (broad SMARTS) is 1. The molecule has 6 rings (SSSR count). The Labute approximate surface area is 216 Å². The van der Waals surface area contributed by atoms with Crippen LogP contribution in [0.15, 0.2) is 60.1 Å². The molecule has 2 atom stereocenters. The Bertz CT molecular complexity index is 1720. The van der Waals surface area contributed by atoms with Gasteiger partial charge in [-0.2, -0.15) is 0 Å². The maximum Gasteiger partial charge on any atom is 0.307 e. The minimum absolute atomic E-state index is 0.0408. The molecule has 1 saturated carbocycles. The van der Waals surface area contributed by atoms with Crippen molar-refractivity contribution in [1.82, 2.24) is 9.55 Å². The van der Waals surface area contributed by atoms with Gasteiger partial charge in [-0.3, -0.25) is 9.59 Å². The molecular weight excluding hydrogens is 488 g/mol. The number of fused-ring (bicyclic) bond motifs is 2. The Balaban J connectivity index is 1.34. The number of rotatable bonds is 6. The summed E-state index contributed by atoms with van der Waals surface area (Å²) < 4.78 is 8.46. The molecule has 186 valence electrons. The topological polar surface area (TPSA) is 119 Å². The number of hydrogen-bond acceptors (Lipinski definition) is 6. The number of carbonyl (C=O) groups excluding carboxylic acids is 1. The maximum absolute atomic E-state index is 13.1. The van der Waals surface area contributed by atoms with E-state index in [2.05, 4.69) is 10.3 Å². The van der Waals surface area contributed by atoms with Gasteiger partial charge in [0.15, 0.2) is 0 Å². The van der Waals surface area contributed by atoms with Gasteiger partial charge in [-0.15, -0.1) is 11.3 Å². The number of anilines is 2. The number of ether oxygens (including phenoxy) is 1. The van der Waals surface area contributed by atoms with Crippen LogP contribution in [0.2, 0.25) is 0 Å². The summed E-state index contributed by atoms with van der Waals surface area (Å²) in [6, 6.07) is 15.3. The van der Waals surface area contributed by atoms with Gasteiger partial charge < -0.3 is 25.5 Å². The van der Waals surface area contributed by atoms with Gasteiger partial charge >= 0.3 is 5.97 Å². The van der Waals surface area contributed by atoms with Crippen molar-refractivity contribution in [1.29, 1.82) is 0 Å². The zero-order chi connectivity index (χ0) is 25.8. The van der Waals surface area contributed by atoms with E-state index in [4.69, 9.17) is 10.5 Å². The fraction of sp³-hybridized carbons (Fsp3) is 0.179. The molecule has 8 nitrogen and oxygen atoms in total. The second-order valence-corrected chi connectivity index (χ2v) is 10.1. The Morgan fingerprint density at radius 2 is 2.03 bits per heavy atom. The van der Waals surface area contributed by atoms with Crippen molar-refractivity contribution >= 4 is 55.7 Å². The van der Waals surface area contributed by atoms with Gasteiger partial charge in [-0.25, -0.2) is 4.98 Å². The van der Waals surface area contributed by atoms with Crippen molar-refractivity contribution in [2.75, 3.05) is 18.2 Å². The summed E-state index contributed by atoms with van der Waals surface area (Å²) in [5, 5.41) is 16.2. The second kappa shape index (κ2) is 8.63. The number of carbonyl (C=O) groups is 2. The summed E-state index contributed by atoms with van der Waals surface area (Å²) in [4.78, 5) is 28.9. The third kappa shape index (κ3) is 3.79. The lowest BCUT2D eigenvalue weighted by atomic mass is 10.0. The number of benzene rings is 2. The fourth-order valence-electron chi connectivity index (χ4n) is 5.03. The van der Waals surface area contributed by atoms with Crippen LogP contribution < -0.4 is 15.8 Å². The van der Waals surface area contributed by atoms with Crippen LogP contribution in [0.25, 0.3) is 32.1 Å². The summed E-state index contributed by atoms with van der Waals surface area (Å²) >= 11 is 1.53. The lowest BCUT2D eigenvalue weighted by molar-refractivity contribution is -0.138. The molecule has 3 heterocycles. The van der Waals surface area contributed by atoms with Crippen LogP contribution in [0.5, 0.6) is 5.75 Å². The van der Waals surface area contributed by atoms with E-state index in [1.807, 2.05) is 65.5 Å². The average molecular weight is 513 g/mol. The van der Waals surface area contributed by atoms with Gasteiger partial charge in [-0.1, -0.05) is 24.3 Å². The summed E-state index contributed by atoms with van der Waals surface area (Å²) in [7, 11) is 3.43. The molecule has 3 aromatic heterocycles. The molecule has 5 aromatic rings. The fourth-order valence-corrected chi connectivity index (χ4v) is 6.19. The highest BCUT2D eigenvalue weighted by Gasteiger charge is 2.45. The first-order chi connectivity index (χ1) is 17.9. The molecule has 0 radical (unpaired) electrons. The molecule has 37 heavy (non-hydrogen) atoms. The van der Waals surface area contributed by atoms with E-state index in [0.29, 0.717) is 29.4 Å². The number of nitrogens with two attached hydrogens (primary N) is 1. The van der Waals surface area contributed by atoms with Gasteiger partial charge in [0.2, 0.25) is 0 Å². The third-order valence-corrected chi connectivity index (χ3v) is 8.13. The monoisotopic (exact) mass is 512 g/mol. The van der Waals surface area contributed by atoms with Crippen molar-refractivity contribution in [2.45, 2.75) is 12.3 Å². The van der Waals surface area contributed by atoms with E-state index in [0.717, 1.165) is 37.7 Å². The average Bonchev–Trinajstić information content (AvgIpc) is 3.45. The minimum atomic E-state index is -0.780. The van der Waals surface area contributed by atoms with Crippen molar-refractivity contribution in [3.8, 4) is 16.9 Å². The van der Waals surface area contributed by atoms with Crippen molar-refractivity contribution in [3.05, 3.63) is 71.4 Å². The zero-order valence-corrected chi connectivity index (χ0v) is 21.0. The summed E-state index contributed by atoms with van der Waals surface area (Å²) in [6.07, 6.45) is 2.32. The molecular formula is C28H24N4O4S. The van der Waals surface area contributed by atoms with Crippen molar-refractivity contribution in [2.24, 2.45) is 13.0 Å². The van der Waals surface area contributed by atoms with Crippen molar-refractivity contribution < 1.29 is 19.4 Å². The van der Waals surface area contributed by atoms with Crippen LogP contribution in [-0.4, -0.2) is 33.6 Å². The second-order valence-electron chi connectivity index (χ2n) is 9.26. The lowest BCUT2D eigenvalue weighted by Crippen LogP contribution is -2.16. The van der Waals surface area contributed by atoms with E-state index in [-0.39, 0.29) is 17.7 Å². The highest BCUT2D eigenvalue weighted by Crippen LogP contribution is 2.52. The van der Waals surface area contributed by atoms with E-state index in [1.54, 1.807) is 13.3 Å². The van der Waals surface area contributed by atoms with Gasteiger partial charge in [0.1, 0.15) is 17.3 Å². The number of methoxy groups -OCH3 is 1. The Kier molecular flexibility index (Phi) is 5.38. The van der Waals surface area contributed by atoms with Gasteiger partial charge in [-0.05, 0) is 47.2 Å².